The first-order valence-corrected chi connectivity index (χ1v) is 5.08. The van der Waals surface area contributed by atoms with Gasteiger partial charge in [-0.05, 0) is 44.5 Å². The zero-order valence-corrected chi connectivity index (χ0v) is 9.23. The Morgan fingerprint density at radius 3 is 2.31 bits per heavy atom. The maximum Gasteiger partial charge on any atom is 0.0410 e. The van der Waals surface area contributed by atoms with Crippen LogP contribution in [0.4, 0.5) is 5.69 Å². The lowest BCUT2D eigenvalue weighted by Crippen LogP contribution is -2.22. The van der Waals surface area contributed by atoms with Crippen LogP contribution in [-0.2, 0) is 0 Å². The van der Waals surface area contributed by atoms with Crippen LogP contribution in [0.25, 0.3) is 0 Å². The summed E-state index contributed by atoms with van der Waals surface area (Å²) in [6.07, 6.45) is 0. The molecule has 0 saturated carbocycles. The summed E-state index contributed by atoms with van der Waals surface area (Å²) in [5.74, 6) is 0. The van der Waals surface area contributed by atoms with Crippen LogP contribution in [0.2, 0.25) is 5.02 Å². The van der Waals surface area contributed by atoms with Gasteiger partial charge in [-0.3, -0.25) is 0 Å². The van der Waals surface area contributed by atoms with E-state index in [4.69, 9.17) is 11.6 Å². The van der Waals surface area contributed by atoms with Gasteiger partial charge in [0.2, 0.25) is 0 Å². The molecule has 13 heavy (non-hydrogen) atoms. The highest BCUT2D eigenvalue weighted by Gasteiger charge is 2.04. The second-order valence-electron chi connectivity index (χ2n) is 3.10. The van der Waals surface area contributed by atoms with Crippen molar-refractivity contribution < 1.29 is 0 Å². The number of halogens is 1. The van der Waals surface area contributed by atoms with Crippen molar-refractivity contribution >= 4 is 17.3 Å². The van der Waals surface area contributed by atoms with Gasteiger partial charge in [-0.2, -0.15) is 0 Å². The topological polar surface area (TPSA) is 3.24 Å². The van der Waals surface area contributed by atoms with Gasteiger partial charge in [0, 0.05) is 23.8 Å². The minimum atomic E-state index is 0.813. The molecule has 1 aromatic carbocycles. The summed E-state index contributed by atoms with van der Waals surface area (Å²) < 4.78 is 0. The van der Waals surface area contributed by atoms with E-state index in [0.29, 0.717) is 0 Å². The Kier molecular flexibility index (Phi) is 3.61. The highest BCUT2D eigenvalue weighted by Crippen LogP contribution is 2.22. The number of hydrogen-bond donors (Lipinski definition) is 0. The molecule has 0 N–H and O–H groups in total. The van der Waals surface area contributed by atoms with Crippen LogP contribution in [0.1, 0.15) is 19.4 Å². The number of benzene rings is 1. The zero-order valence-electron chi connectivity index (χ0n) is 8.47. The van der Waals surface area contributed by atoms with Crippen LogP contribution < -0.4 is 4.90 Å². The number of aryl methyl sites for hydroxylation is 1. The van der Waals surface area contributed by atoms with E-state index >= 15 is 0 Å². The summed E-state index contributed by atoms with van der Waals surface area (Å²) in [4.78, 5) is 2.33. The van der Waals surface area contributed by atoms with Crippen LogP contribution in [0.15, 0.2) is 18.2 Å². The Morgan fingerprint density at radius 1 is 1.23 bits per heavy atom. The molecule has 0 radical (unpaired) electrons. The van der Waals surface area contributed by atoms with Crippen LogP contribution in [-0.4, -0.2) is 13.1 Å². The van der Waals surface area contributed by atoms with Gasteiger partial charge in [0.25, 0.3) is 0 Å². The number of hydrogen-bond acceptors (Lipinski definition) is 1. The molecule has 0 unspecified atom stereocenters. The number of rotatable bonds is 3. The Morgan fingerprint density at radius 2 is 1.85 bits per heavy atom. The Hall–Kier alpha value is -0.690. The smallest absolute Gasteiger partial charge is 0.0410 e. The summed E-state index contributed by atoms with van der Waals surface area (Å²) in [5.41, 5.74) is 2.53. The van der Waals surface area contributed by atoms with E-state index in [9.17, 15) is 0 Å². The highest BCUT2D eigenvalue weighted by molar-refractivity contribution is 6.30. The van der Waals surface area contributed by atoms with Crippen LogP contribution in [0, 0.1) is 6.92 Å². The Balaban J connectivity index is 2.99. The van der Waals surface area contributed by atoms with Gasteiger partial charge >= 0.3 is 0 Å². The minimum absolute atomic E-state index is 0.813. The monoisotopic (exact) mass is 197 g/mol. The average Bonchev–Trinajstić information content (AvgIpc) is 2.10. The maximum absolute atomic E-state index is 5.89. The fourth-order valence-electron chi connectivity index (χ4n) is 1.54. The molecule has 0 aliphatic heterocycles. The van der Waals surface area contributed by atoms with Gasteiger partial charge < -0.3 is 4.90 Å². The lowest BCUT2D eigenvalue weighted by atomic mass is 10.2. The molecule has 2 heteroatoms. The summed E-state index contributed by atoms with van der Waals surface area (Å²) in [6, 6.07) is 6.04. The van der Waals surface area contributed by atoms with E-state index in [1.807, 2.05) is 12.1 Å². The fraction of sp³-hybridized carbons (Fsp3) is 0.455. The van der Waals surface area contributed by atoms with Crippen LogP contribution in [0.3, 0.4) is 0 Å². The predicted molar refractivity (Wildman–Crippen MR) is 59.8 cm³/mol. The third kappa shape index (κ3) is 2.38. The highest BCUT2D eigenvalue weighted by atomic mass is 35.5. The van der Waals surface area contributed by atoms with Crippen molar-refractivity contribution in [2.24, 2.45) is 0 Å². The number of nitrogens with zero attached hydrogens (tertiary/aromatic N) is 1. The molecule has 0 heterocycles. The molecule has 1 aromatic rings. The zero-order chi connectivity index (χ0) is 9.84. The molecule has 0 atom stereocenters. The molecule has 0 amide bonds. The Labute approximate surface area is 85.3 Å². The van der Waals surface area contributed by atoms with Crippen molar-refractivity contribution in [3.05, 3.63) is 28.8 Å². The molecule has 0 saturated heterocycles. The van der Waals surface area contributed by atoms with Crippen LogP contribution >= 0.6 is 11.6 Å². The summed E-state index contributed by atoms with van der Waals surface area (Å²) in [5, 5.41) is 0.813. The third-order valence-corrected chi connectivity index (χ3v) is 2.50. The lowest BCUT2D eigenvalue weighted by molar-refractivity contribution is 0.862. The van der Waals surface area contributed by atoms with Crippen molar-refractivity contribution in [2.45, 2.75) is 20.8 Å². The molecule has 72 valence electrons. The molecular formula is C11H16ClN. The van der Waals surface area contributed by atoms with Gasteiger partial charge in [-0.25, -0.2) is 0 Å². The molecular weight excluding hydrogens is 182 g/mol. The van der Waals surface area contributed by atoms with Crippen molar-refractivity contribution in [1.82, 2.24) is 0 Å². The van der Waals surface area contributed by atoms with E-state index < -0.39 is 0 Å². The average molecular weight is 198 g/mol. The summed E-state index contributed by atoms with van der Waals surface area (Å²) >= 11 is 5.89. The first kappa shape index (κ1) is 10.4. The minimum Gasteiger partial charge on any atom is -0.372 e. The first-order valence-electron chi connectivity index (χ1n) is 4.70. The first-order chi connectivity index (χ1) is 6.19. The standard InChI is InChI=1S/C11H16ClN/c1-4-13(5-2)11-7-6-10(12)8-9(11)3/h6-8H,4-5H2,1-3H3. The normalized spacial score (nSPS) is 10.2. The van der Waals surface area contributed by atoms with Gasteiger partial charge in [0.15, 0.2) is 0 Å². The molecule has 0 fully saturated rings. The van der Waals surface area contributed by atoms with Crippen LogP contribution in [0.5, 0.6) is 0 Å². The lowest BCUT2D eigenvalue weighted by Gasteiger charge is -2.23. The van der Waals surface area contributed by atoms with E-state index in [1.54, 1.807) is 0 Å². The third-order valence-electron chi connectivity index (χ3n) is 2.26. The van der Waals surface area contributed by atoms with Gasteiger partial charge in [-0.1, -0.05) is 11.6 Å². The molecule has 0 aliphatic carbocycles. The second kappa shape index (κ2) is 4.52. The van der Waals surface area contributed by atoms with Crippen molar-refractivity contribution in [3.63, 3.8) is 0 Å². The van der Waals surface area contributed by atoms with Crippen molar-refractivity contribution in [3.8, 4) is 0 Å². The molecule has 0 spiro atoms. The summed E-state index contributed by atoms with van der Waals surface area (Å²) in [7, 11) is 0. The van der Waals surface area contributed by atoms with Crippen molar-refractivity contribution in [2.75, 3.05) is 18.0 Å². The molecule has 1 rings (SSSR count). The predicted octanol–water partition coefficient (Wildman–Crippen LogP) is 3.49. The quantitative estimate of drug-likeness (QED) is 0.717. The van der Waals surface area contributed by atoms with E-state index in [2.05, 4.69) is 31.7 Å². The van der Waals surface area contributed by atoms with Gasteiger partial charge in [0.05, 0.1) is 0 Å². The van der Waals surface area contributed by atoms with E-state index in [0.717, 1.165) is 18.1 Å². The van der Waals surface area contributed by atoms with E-state index in [1.165, 1.54) is 11.3 Å². The molecule has 1 nitrogen and oxygen atoms in total. The Bertz CT molecular complexity index is 279. The molecule has 0 aliphatic rings. The molecule has 0 bridgehead atoms. The second-order valence-corrected chi connectivity index (χ2v) is 3.54. The largest absolute Gasteiger partial charge is 0.372 e. The fourth-order valence-corrected chi connectivity index (χ4v) is 1.76. The van der Waals surface area contributed by atoms with Gasteiger partial charge in [0.1, 0.15) is 0 Å². The van der Waals surface area contributed by atoms with E-state index in [-0.39, 0.29) is 0 Å². The van der Waals surface area contributed by atoms with Crippen molar-refractivity contribution in [1.29, 1.82) is 0 Å². The SMILES string of the molecule is CCN(CC)c1ccc(Cl)cc1C. The summed E-state index contributed by atoms with van der Waals surface area (Å²) in [6.45, 7) is 8.51. The molecule has 0 aromatic heterocycles. The number of anilines is 1. The maximum atomic E-state index is 5.89. The van der Waals surface area contributed by atoms with Gasteiger partial charge in [-0.15, -0.1) is 0 Å².